The molecule has 3 heterocycles. The quantitative estimate of drug-likeness (QED) is 0.610. The molecule has 5 rings (SSSR count). The van der Waals surface area contributed by atoms with E-state index < -0.39 is 21.8 Å². The van der Waals surface area contributed by atoms with Crippen molar-refractivity contribution < 1.29 is 27.1 Å². The summed E-state index contributed by atoms with van der Waals surface area (Å²) in [5, 5.41) is 3.00. The van der Waals surface area contributed by atoms with Gasteiger partial charge in [-0.2, -0.15) is 4.31 Å². The summed E-state index contributed by atoms with van der Waals surface area (Å²) >= 11 is 0. The number of rotatable bonds is 6. The summed E-state index contributed by atoms with van der Waals surface area (Å²) in [4.78, 5) is 15.3. The van der Waals surface area contributed by atoms with Crippen molar-refractivity contribution >= 4 is 15.9 Å². The first kappa shape index (κ1) is 23.8. The average molecular weight is 502 g/mol. The van der Waals surface area contributed by atoms with E-state index in [2.05, 4.69) is 5.32 Å². The Kier molecular flexibility index (Phi) is 6.29. The minimum Gasteiger partial charge on any atom is -0.486 e. The lowest BCUT2D eigenvalue weighted by Gasteiger charge is -2.27. The van der Waals surface area contributed by atoms with E-state index in [9.17, 15) is 17.6 Å². The van der Waals surface area contributed by atoms with Crippen LogP contribution in [0.1, 0.15) is 17.0 Å². The van der Waals surface area contributed by atoms with Crippen LogP contribution in [-0.4, -0.2) is 76.5 Å². The minimum absolute atomic E-state index is 0.153. The molecule has 3 aliphatic rings. The van der Waals surface area contributed by atoms with Crippen LogP contribution in [0.25, 0.3) is 0 Å². The molecule has 0 aliphatic carbocycles. The van der Waals surface area contributed by atoms with Crippen molar-refractivity contribution in [1.29, 1.82) is 0 Å². The Hall–Kier alpha value is -2.95. The second kappa shape index (κ2) is 9.25. The zero-order valence-electron chi connectivity index (χ0n) is 19.7. The molecule has 35 heavy (non-hydrogen) atoms. The highest BCUT2D eigenvalue weighted by atomic mass is 32.2. The molecule has 3 aliphatic heterocycles. The van der Waals surface area contributed by atoms with Crippen LogP contribution >= 0.6 is 0 Å². The van der Waals surface area contributed by atoms with Gasteiger partial charge in [-0.3, -0.25) is 4.79 Å². The normalized spacial score (nSPS) is 18.7. The average Bonchev–Trinajstić information content (AvgIpc) is 3.44. The van der Waals surface area contributed by atoms with E-state index in [1.54, 1.807) is 30.1 Å². The van der Waals surface area contributed by atoms with Crippen LogP contribution in [0.2, 0.25) is 0 Å². The Bertz CT molecular complexity index is 1290. The number of amides is 1. The van der Waals surface area contributed by atoms with E-state index in [0.29, 0.717) is 49.9 Å². The van der Waals surface area contributed by atoms with Crippen LogP contribution in [0.4, 0.5) is 4.39 Å². The van der Waals surface area contributed by atoms with Gasteiger partial charge in [0.05, 0.1) is 10.8 Å². The first-order valence-electron chi connectivity index (χ1n) is 11.6. The predicted molar refractivity (Wildman–Crippen MR) is 128 cm³/mol. The van der Waals surface area contributed by atoms with Gasteiger partial charge in [-0.15, -0.1) is 0 Å². The fraction of sp³-hybridized carbons (Fsp3) is 0.400. The van der Waals surface area contributed by atoms with Crippen molar-refractivity contribution in [3.8, 4) is 11.5 Å². The van der Waals surface area contributed by atoms with E-state index in [-0.39, 0.29) is 23.9 Å². The Balaban J connectivity index is 1.29. The van der Waals surface area contributed by atoms with E-state index in [1.807, 2.05) is 6.92 Å². The molecule has 0 bridgehead atoms. The summed E-state index contributed by atoms with van der Waals surface area (Å²) in [5.74, 6) is -0.266. The van der Waals surface area contributed by atoms with Crippen LogP contribution in [0.5, 0.6) is 11.5 Å². The molecule has 10 heteroatoms. The maximum atomic E-state index is 14.6. The second-order valence-electron chi connectivity index (χ2n) is 9.12. The van der Waals surface area contributed by atoms with Gasteiger partial charge in [-0.05, 0) is 43.3 Å². The monoisotopic (exact) mass is 501 g/mol. The number of halogens is 1. The van der Waals surface area contributed by atoms with Crippen LogP contribution < -0.4 is 14.8 Å². The molecule has 0 fully saturated rings. The molecule has 186 valence electrons. The number of fused-ring (bicyclic) bond motifs is 1. The SMILES string of the molecule is CNC[C@@H](C(=O)N1CC2=C(C1)CN(S(=O)(=O)c1ccc3c(c1)OCCO3)C2)c1cc(C)ccc1F. The number of benzene rings is 2. The van der Waals surface area contributed by atoms with Crippen molar-refractivity contribution in [1.82, 2.24) is 14.5 Å². The number of nitrogens with one attached hydrogen (secondary N) is 1. The van der Waals surface area contributed by atoms with Crippen molar-refractivity contribution in [2.24, 2.45) is 0 Å². The van der Waals surface area contributed by atoms with Crippen LogP contribution in [0.15, 0.2) is 52.4 Å². The third-order valence-electron chi connectivity index (χ3n) is 6.69. The van der Waals surface area contributed by atoms with Gasteiger partial charge >= 0.3 is 0 Å². The molecule has 1 N–H and O–H groups in total. The van der Waals surface area contributed by atoms with Gasteiger partial charge in [0.2, 0.25) is 15.9 Å². The summed E-state index contributed by atoms with van der Waals surface area (Å²) in [6.45, 7) is 4.13. The Morgan fingerprint density at radius 3 is 2.40 bits per heavy atom. The molecule has 1 amide bonds. The Morgan fingerprint density at radius 2 is 1.71 bits per heavy atom. The molecule has 2 aromatic rings. The molecule has 0 spiro atoms. The predicted octanol–water partition coefficient (Wildman–Crippen LogP) is 2.05. The molecule has 0 saturated carbocycles. The van der Waals surface area contributed by atoms with Crippen LogP contribution in [0, 0.1) is 12.7 Å². The van der Waals surface area contributed by atoms with E-state index in [4.69, 9.17) is 9.47 Å². The minimum atomic E-state index is -3.74. The fourth-order valence-corrected chi connectivity index (χ4v) is 6.34. The van der Waals surface area contributed by atoms with E-state index in [1.165, 1.54) is 22.5 Å². The number of hydrogen-bond donors (Lipinski definition) is 1. The highest BCUT2D eigenvalue weighted by Crippen LogP contribution is 2.36. The van der Waals surface area contributed by atoms with Crippen molar-refractivity contribution in [3.05, 3.63) is 64.5 Å². The summed E-state index contributed by atoms with van der Waals surface area (Å²) in [6.07, 6.45) is 0. The maximum absolute atomic E-state index is 14.6. The van der Waals surface area contributed by atoms with Crippen molar-refractivity contribution in [2.45, 2.75) is 17.7 Å². The zero-order chi connectivity index (χ0) is 24.7. The second-order valence-corrected chi connectivity index (χ2v) is 11.1. The molecular weight excluding hydrogens is 473 g/mol. The smallest absolute Gasteiger partial charge is 0.243 e. The number of likely N-dealkylation sites (N-methyl/N-ethyl adjacent to an activating group) is 1. The van der Waals surface area contributed by atoms with Crippen molar-refractivity contribution in [2.75, 3.05) is 53.0 Å². The standard InChI is InChI=1S/C25H28FN3O5S/c1-16-3-5-22(26)20(9-16)21(11-27-2)25(30)28-12-17-14-29(15-18(17)13-28)35(31,32)19-4-6-23-24(10-19)34-8-7-33-23/h3-6,9-10,21,27H,7-8,11-15H2,1-2H3/t21-/m1/s1. The molecule has 0 saturated heterocycles. The van der Waals surface area contributed by atoms with E-state index in [0.717, 1.165) is 16.7 Å². The Morgan fingerprint density at radius 1 is 1.03 bits per heavy atom. The molecule has 1 atom stereocenters. The zero-order valence-corrected chi connectivity index (χ0v) is 20.5. The fourth-order valence-electron chi connectivity index (χ4n) is 4.89. The number of carbonyl (C=O) groups excluding carboxylic acids is 1. The lowest BCUT2D eigenvalue weighted by Crippen LogP contribution is -2.40. The van der Waals surface area contributed by atoms with Gasteiger partial charge in [0.1, 0.15) is 19.0 Å². The summed E-state index contributed by atoms with van der Waals surface area (Å²) in [7, 11) is -2.00. The summed E-state index contributed by atoms with van der Waals surface area (Å²) in [6, 6.07) is 9.44. The number of nitrogens with zero attached hydrogens (tertiary/aromatic N) is 2. The third kappa shape index (κ3) is 4.41. The number of sulfonamides is 1. The first-order valence-corrected chi connectivity index (χ1v) is 13.0. The lowest BCUT2D eigenvalue weighted by molar-refractivity contribution is -0.131. The van der Waals surface area contributed by atoms with Gasteiger partial charge in [0.15, 0.2) is 11.5 Å². The van der Waals surface area contributed by atoms with Gasteiger partial charge in [0.25, 0.3) is 0 Å². The number of hydrogen-bond acceptors (Lipinski definition) is 6. The highest BCUT2D eigenvalue weighted by molar-refractivity contribution is 7.89. The number of carbonyl (C=O) groups is 1. The summed E-state index contributed by atoms with van der Waals surface area (Å²) < 4.78 is 53.6. The first-order chi connectivity index (χ1) is 16.8. The van der Waals surface area contributed by atoms with Crippen LogP contribution in [0.3, 0.4) is 0 Å². The third-order valence-corrected chi connectivity index (χ3v) is 8.48. The molecule has 2 aromatic carbocycles. The van der Waals surface area contributed by atoms with Crippen LogP contribution in [-0.2, 0) is 14.8 Å². The molecule has 8 nitrogen and oxygen atoms in total. The molecular formula is C25H28FN3O5S. The highest BCUT2D eigenvalue weighted by Gasteiger charge is 2.39. The van der Waals surface area contributed by atoms with Gasteiger partial charge in [0, 0.05) is 44.4 Å². The molecule has 0 aromatic heterocycles. The molecule has 0 unspecified atom stereocenters. The lowest BCUT2D eigenvalue weighted by atomic mass is 9.95. The number of ether oxygens (including phenoxy) is 2. The van der Waals surface area contributed by atoms with Gasteiger partial charge < -0.3 is 19.7 Å². The maximum Gasteiger partial charge on any atom is 0.243 e. The number of aryl methyl sites for hydroxylation is 1. The summed E-state index contributed by atoms with van der Waals surface area (Å²) in [5.41, 5.74) is 3.11. The largest absolute Gasteiger partial charge is 0.486 e. The van der Waals surface area contributed by atoms with Gasteiger partial charge in [-0.1, -0.05) is 17.7 Å². The van der Waals surface area contributed by atoms with Crippen molar-refractivity contribution in [3.63, 3.8) is 0 Å². The molecule has 0 radical (unpaired) electrons. The van der Waals surface area contributed by atoms with E-state index >= 15 is 0 Å². The topological polar surface area (TPSA) is 88.2 Å². The Labute approximate surface area is 204 Å². The van der Waals surface area contributed by atoms with Gasteiger partial charge in [-0.25, -0.2) is 12.8 Å².